The van der Waals surface area contributed by atoms with Crippen molar-refractivity contribution in [3.05, 3.63) is 28.7 Å². The molecule has 0 radical (unpaired) electrons. The number of aliphatic hydroxyl groups is 1. The van der Waals surface area contributed by atoms with Crippen LogP contribution < -0.4 is 10.1 Å². The average Bonchev–Trinajstić information content (AvgIpc) is 2.50. The van der Waals surface area contributed by atoms with Gasteiger partial charge in [-0.05, 0) is 30.7 Å². The maximum atomic E-state index is 11.6. The topological polar surface area (TPSA) is 84.9 Å². The molecule has 0 saturated heterocycles. The molecule has 0 aliphatic rings. The quantitative estimate of drug-likeness (QED) is 0.539. The van der Waals surface area contributed by atoms with E-state index in [2.05, 4.69) is 26.0 Å². The zero-order chi connectivity index (χ0) is 15.7. The summed E-state index contributed by atoms with van der Waals surface area (Å²) in [6, 6.07) is 6.36. The molecule has 0 aliphatic carbocycles. The molecule has 0 aromatic heterocycles. The van der Waals surface area contributed by atoms with Gasteiger partial charge in [-0.3, -0.25) is 4.79 Å². The van der Waals surface area contributed by atoms with E-state index in [0.29, 0.717) is 13.0 Å². The van der Waals surface area contributed by atoms with Gasteiger partial charge in [0, 0.05) is 10.9 Å². The SMILES string of the molecule is COC(=O)C(CO)NC(=O)CCCOc1ccc(Br)cc1. The summed E-state index contributed by atoms with van der Waals surface area (Å²) in [5, 5.41) is 11.4. The first-order valence-electron chi connectivity index (χ1n) is 6.43. The van der Waals surface area contributed by atoms with Crippen molar-refractivity contribution in [1.82, 2.24) is 5.32 Å². The van der Waals surface area contributed by atoms with Gasteiger partial charge in [0.2, 0.25) is 5.91 Å². The van der Waals surface area contributed by atoms with Crippen molar-refractivity contribution in [3.63, 3.8) is 0 Å². The minimum Gasteiger partial charge on any atom is -0.494 e. The van der Waals surface area contributed by atoms with Crippen LogP contribution in [0.4, 0.5) is 0 Å². The van der Waals surface area contributed by atoms with Crippen LogP contribution in [0.25, 0.3) is 0 Å². The van der Waals surface area contributed by atoms with Crippen LogP contribution in [0.3, 0.4) is 0 Å². The van der Waals surface area contributed by atoms with Gasteiger partial charge < -0.3 is 19.9 Å². The number of rotatable bonds is 8. The number of benzene rings is 1. The first-order chi connectivity index (χ1) is 10.1. The van der Waals surface area contributed by atoms with E-state index in [1.807, 2.05) is 24.3 Å². The van der Waals surface area contributed by atoms with Crippen molar-refractivity contribution >= 4 is 27.8 Å². The first kappa shape index (κ1) is 17.5. The molecule has 1 aromatic carbocycles. The van der Waals surface area contributed by atoms with Crippen LogP contribution in [-0.4, -0.2) is 43.3 Å². The van der Waals surface area contributed by atoms with E-state index in [0.717, 1.165) is 10.2 Å². The Morgan fingerprint density at radius 3 is 2.57 bits per heavy atom. The van der Waals surface area contributed by atoms with Gasteiger partial charge in [-0.2, -0.15) is 0 Å². The van der Waals surface area contributed by atoms with E-state index >= 15 is 0 Å². The third-order valence-corrected chi connectivity index (χ3v) is 3.16. The van der Waals surface area contributed by atoms with Crippen molar-refractivity contribution < 1.29 is 24.2 Å². The van der Waals surface area contributed by atoms with Gasteiger partial charge in [-0.25, -0.2) is 4.79 Å². The molecule has 0 heterocycles. The van der Waals surface area contributed by atoms with Gasteiger partial charge in [-0.15, -0.1) is 0 Å². The molecule has 0 fully saturated rings. The molecule has 116 valence electrons. The van der Waals surface area contributed by atoms with Crippen LogP contribution in [0.2, 0.25) is 0 Å². The highest BCUT2D eigenvalue weighted by Crippen LogP contribution is 2.16. The van der Waals surface area contributed by atoms with Gasteiger partial charge in [0.15, 0.2) is 6.04 Å². The highest BCUT2D eigenvalue weighted by atomic mass is 79.9. The van der Waals surface area contributed by atoms with Crippen LogP contribution in [0.5, 0.6) is 5.75 Å². The number of esters is 1. The smallest absolute Gasteiger partial charge is 0.330 e. The molecule has 0 bridgehead atoms. The van der Waals surface area contributed by atoms with Crippen LogP contribution in [0.15, 0.2) is 28.7 Å². The summed E-state index contributed by atoms with van der Waals surface area (Å²) in [5.74, 6) is -0.280. The van der Waals surface area contributed by atoms with Crippen molar-refractivity contribution in [2.75, 3.05) is 20.3 Å². The Morgan fingerprint density at radius 2 is 2.00 bits per heavy atom. The molecule has 0 spiro atoms. The normalized spacial score (nSPS) is 11.6. The number of methoxy groups -OCH3 is 1. The molecule has 0 aliphatic heterocycles. The van der Waals surface area contributed by atoms with E-state index in [1.54, 1.807) is 0 Å². The second-order valence-corrected chi connectivity index (χ2v) is 5.15. The van der Waals surface area contributed by atoms with Crippen molar-refractivity contribution in [3.8, 4) is 5.75 Å². The fourth-order valence-electron chi connectivity index (χ4n) is 1.54. The second-order valence-electron chi connectivity index (χ2n) is 4.23. The Morgan fingerprint density at radius 1 is 1.33 bits per heavy atom. The minimum atomic E-state index is -1.02. The van der Waals surface area contributed by atoms with E-state index in [4.69, 9.17) is 9.84 Å². The Hall–Kier alpha value is -1.60. The van der Waals surface area contributed by atoms with Gasteiger partial charge in [0.25, 0.3) is 0 Å². The largest absolute Gasteiger partial charge is 0.494 e. The molecular formula is C14H18BrNO5. The highest BCUT2D eigenvalue weighted by Gasteiger charge is 2.19. The van der Waals surface area contributed by atoms with E-state index in [9.17, 15) is 9.59 Å². The van der Waals surface area contributed by atoms with Gasteiger partial charge >= 0.3 is 5.97 Å². The average molecular weight is 360 g/mol. The molecule has 1 unspecified atom stereocenters. The van der Waals surface area contributed by atoms with E-state index < -0.39 is 18.6 Å². The summed E-state index contributed by atoms with van der Waals surface area (Å²) in [7, 11) is 1.20. The number of hydrogen-bond acceptors (Lipinski definition) is 5. The number of carbonyl (C=O) groups is 2. The molecule has 1 rings (SSSR count). The lowest BCUT2D eigenvalue weighted by Gasteiger charge is -2.13. The summed E-state index contributed by atoms with van der Waals surface area (Å²) in [6.07, 6.45) is 0.700. The maximum absolute atomic E-state index is 11.6. The van der Waals surface area contributed by atoms with Crippen LogP contribution in [0.1, 0.15) is 12.8 Å². The van der Waals surface area contributed by atoms with Crippen molar-refractivity contribution in [2.24, 2.45) is 0 Å². The molecule has 1 atom stereocenters. The highest BCUT2D eigenvalue weighted by molar-refractivity contribution is 9.10. The number of hydrogen-bond donors (Lipinski definition) is 2. The summed E-state index contributed by atoms with van der Waals surface area (Å²) < 4.78 is 10.9. The molecule has 6 nitrogen and oxygen atoms in total. The second kappa shape index (κ2) is 9.36. The summed E-state index contributed by atoms with van der Waals surface area (Å²) in [5.41, 5.74) is 0. The molecule has 21 heavy (non-hydrogen) atoms. The lowest BCUT2D eigenvalue weighted by molar-refractivity contribution is -0.146. The van der Waals surface area contributed by atoms with Crippen LogP contribution in [0, 0.1) is 0 Å². The number of ether oxygens (including phenoxy) is 2. The van der Waals surface area contributed by atoms with Crippen molar-refractivity contribution in [2.45, 2.75) is 18.9 Å². The van der Waals surface area contributed by atoms with Crippen molar-refractivity contribution in [1.29, 1.82) is 0 Å². The number of aliphatic hydroxyl groups excluding tert-OH is 1. The minimum absolute atomic E-state index is 0.198. The summed E-state index contributed by atoms with van der Waals surface area (Å²) >= 11 is 3.33. The zero-order valence-electron chi connectivity index (χ0n) is 11.7. The fraction of sp³-hybridized carbons (Fsp3) is 0.429. The third-order valence-electron chi connectivity index (χ3n) is 2.63. The van der Waals surface area contributed by atoms with Gasteiger partial charge in [0.1, 0.15) is 5.75 Å². The fourth-order valence-corrected chi connectivity index (χ4v) is 1.81. The number of carbonyl (C=O) groups excluding carboxylic acids is 2. The summed E-state index contributed by atoms with van der Waals surface area (Å²) in [6.45, 7) is -0.106. The maximum Gasteiger partial charge on any atom is 0.330 e. The lowest BCUT2D eigenvalue weighted by Crippen LogP contribution is -2.44. The molecule has 1 amide bonds. The molecular weight excluding hydrogens is 342 g/mol. The van der Waals surface area contributed by atoms with Crippen LogP contribution in [-0.2, 0) is 14.3 Å². The molecule has 2 N–H and O–H groups in total. The Labute approximate surface area is 131 Å². The molecule has 7 heteroatoms. The molecule has 1 aromatic rings. The first-order valence-corrected chi connectivity index (χ1v) is 7.22. The zero-order valence-corrected chi connectivity index (χ0v) is 13.3. The Bertz CT molecular complexity index is 463. The number of nitrogens with one attached hydrogen (secondary N) is 1. The van der Waals surface area contributed by atoms with E-state index in [1.165, 1.54) is 7.11 Å². The Balaban J connectivity index is 2.24. The third kappa shape index (κ3) is 6.59. The monoisotopic (exact) mass is 359 g/mol. The van der Waals surface area contributed by atoms with Gasteiger partial charge in [0.05, 0.1) is 20.3 Å². The predicted octanol–water partition coefficient (Wildman–Crippen LogP) is 1.26. The number of amides is 1. The Kier molecular flexibility index (Phi) is 7.78. The van der Waals surface area contributed by atoms with Gasteiger partial charge in [-0.1, -0.05) is 15.9 Å². The van der Waals surface area contributed by atoms with Crippen LogP contribution >= 0.6 is 15.9 Å². The lowest BCUT2D eigenvalue weighted by atomic mass is 10.2. The predicted molar refractivity (Wildman–Crippen MR) is 79.9 cm³/mol. The standard InChI is InChI=1S/C14H18BrNO5/c1-20-14(19)12(9-17)16-13(18)3-2-8-21-11-6-4-10(15)5-7-11/h4-7,12,17H,2-3,8-9H2,1H3,(H,16,18). The number of halogens is 1. The molecule has 0 saturated carbocycles. The summed E-state index contributed by atoms with van der Waals surface area (Å²) in [4.78, 5) is 22.8. The van der Waals surface area contributed by atoms with E-state index in [-0.39, 0.29) is 12.3 Å².